The van der Waals surface area contributed by atoms with Crippen LogP contribution in [0.5, 0.6) is 0 Å². The van der Waals surface area contributed by atoms with E-state index in [9.17, 15) is 4.79 Å². The first-order valence-electron chi connectivity index (χ1n) is 9.33. The van der Waals surface area contributed by atoms with Crippen LogP contribution in [-0.2, 0) is 4.79 Å². The van der Waals surface area contributed by atoms with Crippen LogP contribution >= 0.6 is 11.3 Å². The maximum Gasteiger partial charge on any atom is 0.248 e. The molecule has 0 bridgehead atoms. The lowest BCUT2D eigenvalue weighted by Crippen LogP contribution is -2.64. The molecule has 0 spiro atoms. The number of anilines is 1. The second-order valence-electron chi connectivity index (χ2n) is 7.50. The molecule has 0 radical (unpaired) electrons. The second kappa shape index (κ2) is 6.93. The Morgan fingerprint density at radius 2 is 2.04 bits per heavy atom. The Balaban J connectivity index is 1.50. The summed E-state index contributed by atoms with van der Waals surface area (Å²) in [5, 5.41) is 9.98. The Morgan fingerprint density at radius 1 is 1.24 bits per heavy atom. The minimum absolute atomic E-state index is 0.101. The van der Waals surface area contributed by atoms with Gasteiger partial charge in [-0.2, -0.15) is 5.26 Å². The van der Waals surface area contributed by atoms with E-state index >= 15 is 0 Å². The molecule has 2 aliphatic heterocycles. The van der Waals surface area contributed by atoms with Crippen molar-refractivity contribution in [2.24, 2.45) is 5.92 Å². The number of nitriles is 1. The molecule has 3 aliphatic rings. The highest BCUT2D eigenvalue weighted by atomic mass is 32.1. The highest BCUT2D eigenvalue weighted by molar-refractivity contribution is 7.15. The molecule has 1 aromatic heterocycles. The van der Waals surface area contributed by atoms with Crippen molar-refractivity contribution >= 4 is 22.4 Å². The number of hydrogen-bond donors (Lipinski definition) is 0. The van der Waals surface area contributed by atoms with Gasteiger partial charge >= 0.3 is 0 Å². The maximum absolute atomic E-state index is 13.0. The van der Waals surface area contributed by atoms with E-state index in [0.717, 1.165) is 24.8 Å². The quantitative estimate of drug-likeness (QED) is 0.758. The van der Waals surface area contributed by atoms with Gasteiger partial charge < -0.3 is 4.90 Å². The number of amides is 1. The van der Waals surface area contributed by atoms with Crippen molar-refractivity contribution in [1.82, 2.24) is 14.8 Å². The number of carbonyl (C=O) groups excluding carboxylic acids is 1. The molecule has 0 aromatic carbocycles. The molecule has 1 aliphatic carbocycles. The van der Waals surface area contributed by atoms with Gasteiger partial charge in [-0.25, -0.2) is 4.98 Å². The number of thiazole rings is 1. The molecule has 1 unspecified atom stereocenters. The van der Waals surface area contributed by atoms with Crippen molar-refractivity contribution in [1.29, 1.82) is 5.26 Å². The second-order valence-corrected chi connectivity index (χ2v) is 8.54. The fourth-order valence-electron chi connectivity index (χ4n) is 4.43. The van der Waals surface area contributed by atoms with E-state index in [1.54, 1.807) is 16.2 Å². The Hall–Kier alpha value is -1.65. The highest BCUT2D eigenvalue weighted by Crippen LogP contribution is 2.41. The summed E-state index contributed by atoms with van der Waals surface area (Å²) in [7, 11) is 0. The summed E-state index contributed by atoms with van der Waals surface area (Å²) in [5.41, 5.74) is 0. The molecule has 2 saturated heterocycles. The van der Waals surface area contributed by atoms with Crippen LogP contribution < -0.4 is 4.90 Å². The van der Waals surface area contributed by atoms with E-state index in [-0.39, 0.29) is 11.9 Å². The van der Waals surface area contributed by atoms with Gasteiger partial charge in [0.05, 0.1) is 6.54 Å². The SMILES string of the molecule is C[C@H]1CCCC[C@@H]1c1cnc(N2CCN3CCN(C#N)CC3C2=O)s1. The predicted molar refractivity (Wildman–Crippen MR) is 97.4 cm³/mol. The largest absolute Gasteiger partial charge is 0.307 e. The molecule has 0 N–H and O–H groups in total. The zero-order chi connectivity index (χ0) is 17.4. The zero-order valence-corrected chi connectivity index (χ0v) is 15.5. The van der Waals surface area contributed by atoms with Crippen LogP contribution in [0, 0.1) is 17.4 Å². The number of aromatic nitrogens is 1. The topological polar surface area (TPSA) is 63.5 Å². The lowest BCUT2D eigenvalue weighted by molar-refractivity contribution is -0.127. The van der Waals surface area contributed by atoms with E-state index < -0.39 is 0 Å². The molecule has 3 atom stereocenters. The minimum Gasteiger partial charge on any atom is -0.307 e. The molecule has 1 aromatic rings. The third-order valence-electron chi connectivity index (χ3n) is 6.01. The zero-order valence-electron chi connectivity index (χ0n) is 14.7. The molecule has 1 amide bonds. The summed E-state index contributed by atoms with van der Waals surface area (Å²) in [4.78, 5) is 24.7. The van der Waals surface area contributed by atoms with Crippen LogP contribution in [0.2, 0.25) is 0 Å². The van der Waals surface area contributed by atoms with Gasteiger partial charge in [0.2, 0.25) is 5.91 Å². The van der Waals surface area contributed by atoms with Gasteiger partial charge in [-0.15, -0.1) is 11.3 Å². The van der Waals surface area contributed by atoms with Gasteiger partial charge in [0, 0.05) is 37.3 Å². The highest BCUT2D eigenvalue weighted by Gasteiger charge is 2.40. The van der Waals surface area contributed by atoms with Gasteiger partial charge in [0.1, 0.15) is 6.04 Å². The molecule has 1 saturated carbocycles. The lowest BCUT2D eigenvalue weighted by atomic mass is 9.80. The van der Waals surface area contributed by atoms with Gasteiger partial charge in [-0.05, 0) is 18.3 Å². The summed E-state index contributed by atoms with van der Waals surface area (Å²) in [6.45, 7) is 5.93. The molecule has 3 heterocycles. The van der Waals surface area contributed by atoms with Crippen molar-refractivity contribution in [2.45, 2.75) is 44.6 Å². The molecular formula is C18H25N5OS. The molecule has 6 nitrogen and oxygen atoms in total. The van der Waals surface area contributed by atoms with E-state index in [1.807, 2.05) is 11.1 Å². The van der Waals surface area contributed by atoms with Gasteiger partial charge in [0.25, 0.3) is 0 Å². The third kappa shape index (κ3) is 3.13. The van der Waals surface area contributed by atoms with Crippen LogP contribution in [0.1, 0.15) is 43.4 Å². The fourth-order valence-corrected chi connectivity index (χ4v) is 5.65. The summed E-state index contributed by atoms with van der Waals surface area (Å²) in [6, 6.07) is -0.205. The smallest absolute Gasteiger partial charge is 0.248 e. The normalized spacial score (nSPS) is 30.9. The standard InChI is InChI=1S/C18H25N5OS/c1-13-4-2-3-5-14(13)16-10-20-18(25-16)23-9-8-22-7-6-21(12-19)11-15(22)17(23)24/h10,13-15H,2-9,11H2,1H3/t13-,14-,15?/m0/s1. The van der Waals surface area contributed by atoms with Crippen LogP contribution in [0.25, 0.3) is 0 Å². The number of rotatable bonds is 2. The number of fused-ring (bicyclic) bond motifs is 1. The lowest BCUT2D eigenvalue weighted by Gasteiger charge is -2.44. The van der Waals surface area contributed by atoms with Crippen LogP contribution in [0.3, 0.4) is 0 Å². The minimum atomic E-state index is -0.205. The molecule has 3 fully saturated rings. The van der Waals surface area contributed by atoms with Crippen molar-refractivity contribution < 1.29 is 4.79 Å². The first kappa shape index (κ1) is 16.8. The van der Waals surface area contributed by atoms with E-state index in [0.29, 0.717) is 24.9 Å². The fraction of sp³-hybridized carbons (Fsp3) is 0.722. The summed E-state index contributed by atoms with van der Waals surface area (Å²) in [6.07, 6.45) is 9.35. The molecular weight excluding hydrogens is 334 g/mol. The van der Waals surface area contributed by atoms with Crippen molar-refractivity contribution in [3.05, 3.63) is 11.1 Å². The molecule has 4 rings (SSSR count). The number of carbonyl (C=O) groups is 1. The average Bonchev–Trinajstić information content (AvgIpc) is 3.12. The van der Waals surface area contributed by atoms with Crippen molar-refractivity contribution in [3.8, 4) is 6.19 Å². The maximum atomic E-state index is 13.0. The molecule has 7 heteroatoms. The van der Waals surface area contributed by atoms with E-state index in [2.05, 4.69) is 23.0 Å². The average molecular weight is 359 g/mol. The third-order valence-corrected chi connectivity index (χ3v) is 7.17. The Labute approximate surface area is 153 Å². The first-order chi connectivity index (χ1) is 12.2. The van der Waals surface area contributed by atoms with Crippen LogP contribution in [0.15, 0.2) is 6.20 Å². The summed E-state index contributed by atoms with van der Waals surface area (Å²) in [5.74, 6) is 1.40. The Bertz CT molecular complexity index is 683. The van der Waals surface area contributed by atoms with Gasteiger partial charge in [-0.1, -0.05) is 26.2 Å². The van der Waals surface area contributed by atoms with Crippen LogP contribution in [-0.4, -0.2) is 59.5 Å². The number of piperazine rings is 2. The van der Waals surface area contributed by atoms with Gasteiger partial charge in [-0.3, -0.25) is 14.6 Å². The van der Waals surface area contributed by atoms with E-state index in [4.69, 9.17) is 5.26 Å². The summed E-state index contributed by atoms with van der Waals surface area (Å²) < 4.78 is 0. The summed E-state index contributed by atoms with van der Waals surface area (Å²) >= 11 is 1.70. The Morgan fingerprint density at radius 3 is 2.84 bits per heavy atom. The molecule has 134 valence electrons. The number of nitrogens with zero attached hydrogens (tertiary/aromatic N) is 5. The Kier molecular flexibility index (Phi) is 4.65. The van der Waals surface area contributed by atoms with Crippen LogP contribution in [0.4, 0.5) is 5.13 Å². The van der Waals surface area contributed by atoms with Gasteiger partial charge in [0.15, 0.2) is 11.3 Å². The van der Waals surface area contributed by atoms with Crippen molar-refractivity contribution in [3.63, 3.8) is 0 Å². The molecule has 25 heavy (non-hydrogen) atoms. The van der Waals surface area contributed by atoms with Crippen molar-refractivity contribution in [2.75, 3.05) is 37.6 Å². The van der Waals surface area contributed by atoms with E-state index in [1.165, 1.54) is 30.6 Å². The number of hydrogen-bond acceptors (Lipinski definition) is 6. The monoisotopic (exact) mass is 359 g/mol. The first-order valence-corrected chi connectivity index (χ1v) is 10.1. The predicted octanol–water partition coefficient (Wildman–Crippen LogP) is 2.25.